The van der Waals surface area contributed by atoms with Gasteiger partial charge in [0.25, 0.3) is 5.91 Å². The zero-order valence-corrected chi connectivity index (χ0v) is 13.4. The van der Waals surface area contributed by atoms with E-state index in [1.165, 1.54) is 0 Å². The minimum absolute atomic E-state index is 0.161. The summed E-state index contributed by atoms with van der Waals surface area (Å²) in [6, 6.07) is 5.81. The molecule has 0 spiro atoms. The Balaban J connectivity index is 2.55. The van der Waals surface area contributed by atoms with Crippen molar-refractivity contribution in [2.24, 2.45) is 0 Å². The zero-order valence-electron chi connectivity index (χ0n) is 12.6. The van der Waals surface area contributed by atoms with Crippen LogP contribution in [-0.4, -0.2) is 36.0 Å². The molecule has 3 N–H and O–H groups in total. The van der Waals surface area contributed by atoms with Crippen molar-refractivity contribution in [3.8, 4) is 0 Å². The SMILES string of the molecule is CC(C)N(CCNC(=O)c1ccc(Cl)cc1N)C(C)C. The summed E-state index contributed by atoms with van der Waals surface area (Å²) in [5.74, 6) is -0.161. The van der Waals surface area contributed by atoms with Gasteiger partial charge in [0.05, 0.1) is 5.56 Å². The summed E-state index contributed by atoms with van der Waals surface area (Å²) >= 11 is 5.82. The molecule has 0 unspecified atom stereocenters. The smallest absolute Gasteiger partial charge is 0.253 e. The molecule has 0 radical (unpaired) electrons. The summed E-state index contributed by atoms with van der Waals surface area (Å²) in [5.41, 5.74) is 6.66. The third-order valence-corrected chi connectivity index (χ3v) is 3.48. The largest absolute Gasteiger partial charge is 0.398 e. The van der Waals surface area contributed by atoms with Gasteiger partial charge in [-0.25, -0.2) is 0 Å². The topological polar surface area (TPSA) is 58.4 Å². The van der Waals surface area contributed by atoms with Gasteiger partial charge in [-0.1, -0.05) is 11.6 Å². The van der Waals surface area contributed by atoms with E-state index in [9.17, 15) is 4.79 Å². The lowest BCUT2D eigenvalue weighted by Gasteiger charge is -2.30. The highest BCUT2D eigenvalue weighted by molar-refractivity contribution is 6.31. The second kappa shape index (κ2) is 7.50. The maximum Gasteiger partial charge on any atom is 0.253 e. The fourth-order valence-electron chi connectivity index (χ4n) is 2.25. The number of rotatable bonds is 6. The van der Waals surface area contributed by atoms with Gasteiger partial charge in [-0.3, -0.25) is 9.69 Å². The van der Waals surface area contributed by atoms with Gasteiger partial charge >= 0.3 is 0 Å². The van der Waals surface area contributed by atoms with Crippen LogP contribution in [0.2, 0.25) is 5.02 Å². The highest BCUT2D eigenvalue weighted by Crippen LogP contribution is 2.17. The van der Waals surface area contributed by atoms with E-state index >= 15 is 0 Å². The molecule has 0 aliphatic rings. The van der Waals surface area contributed by atoms with Crippen molar-refractivity contribution < 1.29 is 4.79 Å². The number of hydrogen-bond acceptors (Lipinski definition) is 3. The molecule has 0 heterocycles. The summed E-state index contributed by atoms with van der Waals surface area (Å²) < 4.78 is 0. The number of anilines is 1. The molecule has 1 aromatic carbocycles. The normalized spacial score (nSPS) is 11.4. The van der Waals surface area contributed by atoms with Crippen molar-refractivity contribution >= 4 is 23.2 Å². The Hall–Kier alpha value is -1.26. The van der Waals surface area contributed by atoms with Crippen LogP contribution in [0.4, 0.5) is 5.69 Å². The Kier molecular flexibility index (Phi) is 6.30. The van der Waals surface area contributed by atoms with Crippen LogP contribution in [0.3, 0.4) is 0 Å². The van der Waals surface area contributed by atoms with E-state index in [0.717, 1.165) is 6.54 Å². The Morgan fingerprint density at radius 3 is 2.40 bits per heavy atom. The molecule has 5 heteroatoms. The van der Waals surface area contributed by atoms with E-state index < -0.39 is 0 Å². The minimum Gasteiger partial charge on any atom is -0.398 e. The van der Waals surface area contributed by atoms with Crippen molar-refractivity contribution in [3.63, 3.8) is 0 Å². The fourth-order valence-corrected chi connectivity index (χ4v) is 2.43. The summed E-state index contributed by atoms with van der Waals surface area (Å²) in [4.78, 5) is 14.4. The zero-order chi connectivity index (χ0) is 15.3. The third-order valence-electron chi connectivity index (χ3n) is 3.24. The van der Waals surface area contributed by atoms with E-state index in [1.54, 1.807) is 18.2 Å². The molecule has 112 valence electrons. The van der Waals surface area contributed by atoms with Crippen molar-refractivity contribution in [2.75, 3.05) is 18.8 Å². The van der Waals surface area contributed by atoms with Gasteiger partial charge < -0.3 is 11.1 Å². The maximum atomic E-state index is 12.0. The van der Waals surface area contributed by atoms with Gasteiger partial charge in [0, 0.05) is 35.9 Å². The number of benzene rings is 1. The summed E-state index contributed by atoms with van der Waals surface area (Å²) in [7, 11) is 0. The number of amides is 1. The predicted octanol–water partition coefficient (Wildman–Crippen LogP) is 2.77. The molecule has 0 fully saturated rings. The van der Waals surface area contributed by atoms with Crippen molar-refractivity contribution in [3.05, 3.63) is 28.8 Å². The van der Waals surface area contributed by atoms with E-state index in [-0.39, 0.29) is 5.91 Å². The molecule has 1 amide bonds. The summed E-state index contributed by atoms with van der Waals surface area (Å²) in [5, 5.41) is 3.43. The number of hydrogen-bond donors (Lipinski definition) is 2. The van der Waals surface area contributed by atoms with Crippen LogP contribution in [0.15, 0.2) is 18.2 Å². The van der Waals surface area contributed by atoms with Crippen molar-refractivity contribution in [1.82, 2.24) is 10.2 Å². The highest BCUT2D eigenvalue weighted by atomic mass is 35.5. The van der Waals surface area contributed by atoms with Gasteiger partial charge in [0.1, 0.15) is 0 Å². The van der Waals surface area contributed by atoms with Crippen LogP contribution in [0, 0.1) is 0 Å². The molecule has 0 atom stereocenters. The molecule has 20 heavy (non-hydrogen) atoms. The van der Waals surface area contributed by atoms with E-state index in [4.69, 9.17) is 17.3 Å². The van der Waals surface area contributed by atoms with Crippen LogP contribution in [0.5, 0.6) is 0 Å². The highest BCUT2D eigenvalue weighted by Gasteiger charge is 2.14. The summed E-state index contributed by atoms with van der Waals surface area (Å²) in [6.07, 6.45) is 0. The minimum atomic E-state index is -0.161. The molecule has 1 aromatic rings. The molecular weight excluding hydrogens is 274 g/mol. The van der Waals surface area contributed by atoms with Crippen LogP contribution < -0.4 is 11.1 Å². The molecule has 0 bridgehead atoms. The van der Waals surface area contributed by atoms with E-state index in [2.05, 4.69) is 37.9 Å². The van der Waals surface area contributed by atoms with Gasteiger partial charge in [0.2, 0.25) is 0 Å². The number of carbonyl (C=O) groups is 1. The molecule has 0 saturated heterocycles. The second-order valence-electron chi connectivity index (χ2n) is 5.41. The predicted molar refractivity (Wildman–Crippen MR) is 85.2 cm³/mol. The van der Waals surface area contributed by atoms with Gasteiger partial charge in [-0.05, 0) is 45.9 Å². The Bertz CT molecular complexity index is 452. The first-order valence-corrected chi connectivity index (χ1v) is 7.29. The molecule has 0 aliphatic carbocycles. The number of nitrogens with two attached hydrogens (primary N) is 1. The Morgan fingerprint density at radius 1 is 1.30 bits per heavy atom. The average molecular weight is 298 g/mol. The van der Waals surface area contributed by atoms with Crippen LogP contribution in [0.25, 0.3) is 0 Å². The number of halogens is 1. The summed E-state index contributed by atoms with van der Waals surface area (Å²) in [6.45, 7) is 10.0. The maximum absolute atomic E-state index is 12.0. The molecule has 1 rings (SSSR count). The molecule has 0 aromatic heterocycles. The van der Waals surface area contributed by atoms with E-state index in [1.807, 2.05) is 0 Å². The molecule has 0 saturated carbocycles. The Morgan fingerprint density at radius 2 is 1.90 bits per heavy atom. The van der Waals surface area contributed by atoms with Gasteiger partial charge in [0.15, 0.2) is 0 Å². The Labute approximate surface area is 126 Å². The lowest BCUT2D eigenvalue weighted by molar-refractivity contribution is 0.0940. The van der Waals surface area contributed by atoms with Crippen molar-refractivity contribution in [1.29, 1.82) is 0 Å². The molecule has 4 nitrogen and oxygen atoms in total. The van der Waals surface area contributed by atoms with E-state index in [0.29, 0.717) is 34.9 Å². The average Bonchev–Trinajstić information content (AvgIpc) is 2.33. The van der Waals surface area contributed by atoms with Crippen LogP contribution in [-0.2, 0) is 0 Å². The lowest BCUT2D eigenvalue weighted by Crippen LogP contribution is -2.42. The monoisotopic (exact) mass is 297 g/mol. The number of carbonyl (C=O) groups excluding carboxylic acids is 1. The third kappa shape index (κ3) is 4.69. The van der Waals surface area contributed by atoms with Crippen LogP contribution in [0.1, 0.15) is 38.1 Å². The first-order valence-electron chi connectivity index (χ1n) is 6.92. The van der Waals surface area contributed by atoms with Gasteiger partial charge in [-0.15, -0.1) is 0 Å². The standard InChI is InChI=1S/C15H24ClN3O/c1-10(2)19(11(3)4)8-7-18-15(20)13-6-5-12(16)9-14(13)17/h5-6,9-11H,7-8,17H2,1-4H3,(H,18,20). The number of nitrogens with one attached hydrogen (secondary N) is 1. The fraction of sp³-hybridized carbons (Fsp3) is 0.533. The van der Waals surface area contributed by atoms with Gasteiger partial charge in [-0.2, -0.15) is 0 Å². The quantitative estimate of drug-likeness (QED) is 0.794. The second-order valence-corrected chi connectivity index (χ2v) is 5.85. The van der Waals surface area contributed by atoms with Crippen LogP contribution >= 0.6 is 11.6 Å². The van der Waals surface area contributed by atoms with Crippen molar-refractivity contribution in [2.45, 2.75) is 39.8 Å². The first-order chi connectivity index (χ1) is 9.32. The number of nitrogen functional groups attached to an aromatic ring is 1. The molecule has 0 aliphatic heterocycles. The lowest BCUT2D eigenvalue weighted by atomic mass is 10.1. The first kappa shape index (κ1) is 16.8. The number of nitrogens with zero attached hydrogens (tertiary/aromatic N) is 1. The molecular formula is C15H24ClN3O.